The molecule has 0 spiro atoms. The predicted octanol–water partition coefficient (Wildman–Crippen LogP) is 4.35. The van der Waals surface area contributed by atoms with Crippen molar-refractivity contribution in [1.82, 2.24) is 9.55 Å². The second-order valence-electron chi connectivity index (χ2n) is 6.01. The Labute approximate surface area is 158 Å². The summed E-state index contributed by atoms with van der Waals surface area (Å²) < 4.78 is 1.57. The Morgan fingerprint density at radius 3 is 2.73 bits per heavy atom. The van der Waals surface area contributed by atoms with Crippen molar-refractivity contribution in [3.05, 3.63) is 73.7 Å². The lowest BCUT2D eigenvalue weighted by Gasteiger charge is -2.07. The minimum Gasteiger partial charge on any atom is -0.478 e. The van der Waals surface area contributed by atoms with E-state index < -0.39 is 5.97 Å². The van der Waals surface area contributed by atoms with Gasteiger partial charge in [-0.1, -0.05) is 29.3 Å². The molecule has 1 aliphatic rings. The van der Waals surface area contributed by atoms with Gasteiger partial charge in [-0.15, -0.1) is 0 Å². The molecule has 0 unspecified atom stereocenters. The number of nitrogens with zero attached hydrogens (tertiary/aromatic N) is 2. The molecular formula is C19H12Cl2N2O3. The summed E-state index contributed by atoms with van der Waals surface area (Å²) in [5.41, 5.74) is 2.00. The van der Waals surface area contributed by atoms with Crippen LogP contribution in [-0.2, 0) is 6.54 Å². The first-order chi connectivity index (χ1) is 12.4. The van der Waals surface area contributed by atoms with Crippen molar-refractivity contribution in [2.24, 2.45) is 0 Å². The second-order valence-corrected chi connectivity index (χ2v) is 6.86. The Kier molecular flexibility index (Phi) is 4.05. The molecule has 3 aromatic rings. The van der Waals surface area contributed by atoms with Gasteiger partial charge < -0.3 is 5.11 Å². The maximum absolute atomic E-state index is 12.8. The largest absolute Gasteiger partial charge is 0.478 e. The van der Waals surface area contributed by atoms with E-state index in [2.05, 4.69) is 4.98 Å². The van der Waals surface area contributed by atoms with Crippen LogP contribution < -0.4 is 5.56 Å². The molecule has 0 fully saturated rings. The molecular weight excluding hydrogens is 375 g/mol. The van der Waals surface area contributed by atoms with Crippen LogP contribution in [0.1, 0.15) is 28.2 Å². The summed E-state index contributed by atoms with van der Waals surface area (Å²) in [4.78, 5) is 28.5. The quantitative estimate of drug-likeness (QED) is 0.710. The maximum atomic E-state index is 12.8. The minimum absolute atomic E-state index is 0.0682. The number of carboxylic acids is 1. The van der Waals surface area contributed by atoms with Gasteiger partial charge in [0.25, 0.3) is 5.56 Å². The van der Waals surface area contributed by atoms with E-state index >= 15 is 0 Å². The lowest BCUT2D eigenvalue weighted by molar-refractivity contribution is 0.0697. The fraction of sp³-hybridized carbons (Fsp3) is 0.105. The predicted molar refractivity (Wildman–Crippen MR) is 102 cm³/mol. The number of allylic oxidation sites excluding steroid dienone is 1. The molecule has 1 aromatic heterocycles. The number of aromatic nitrogens is 2. The van der Waals surface area contributed by atoms with Gasteiger partial charge in [-0.3, -0.25) is 9.36 Å². The SMILES string of the molecule is O=C(O)c1ccc2nc3n(c(=O)c2c1)CC/C3=C\c1ccc(Cl)cc1Cl. The lowest BCUT2D eigenvalue weighted by atomic mass is 10.1. The molecule has 2 aromatic carbocycles. The number of fused-ring (bicyclic) bond motifs is 2. The number of benzene rings is 2. The third-order valence-electron chi connectivity index (χ3n) is 4.39. The normalized spacial score (nSPS) is 14.8. The molecule has 0 bridgehead atoms. The van der Waals surface area contributed by atoms with Gasteiger partial charge in [0, 0.05) is 16.6 Å². The number of aromatic carboxylic acids is 1. The molecule has 1 N–H and O–H groups in total. The third-order valence-corrected chi connectivity index (χ3v) is 4.95. The van der Waals surface area contributed by atoms with Gasteiger partial charge in [-0.25, -0.2) is 9.78 Å². The average molecular weight is 387 g/mol. The molecule has 0 aliphatic carbocycles. The molecule has 1 aliphatic heterocycles. The Morgan fingerprint density at radius 1 is 1.19 bits per heavy atom. The van der Waals surface area contributed by atoms with Crippen molar-refractivity contribution in [2.45, 2.75) is 13.0 Å². The number of carbonyl (C=O) groups is 1. The van der Waals surface area contributed by atoms with E-state index in [0.29, 0.717) is 39.7 Å². The first-order valence-corrected chi connectivity index (χ1v) is 8.63. The molecule has 4 rings (SSSR count). The molecule has 130 valence electrons. The Bertz CT molecular complexity index is 1170. The minimum atomic E-state index is -1.07. The highest BCUT2D eigenvalue weighted by atomic mass is 35.5. The lowest BCUT2D eigenvalue weighted by Crippen LogP contribution is -2.21. The van der Waals surface area contributed by atoms with Gasteiger partial charge in [0.15, 0.2) is 0 Å². The molecule has 0 radical (unpaired) electrons. The number of hydrogen-bond acceptors (Lipinski definition) is 3. The molecule has 0 saturated heterocycles. The van der Waals surface area contributed by atoms with E-state index in [-0.39, 0.29) is 11.1 Å². The van der Waals surface area contributed by atoms with Gasteiger partial charge in [-0.05, 0) is 54.0 Å². The Hall–Kier alpha value is -2.63. The van der Waals surface area contributed by atoms with E-state index in [0.717, 1.165) is 11.1 Å². The van der Waals surface area contributed by atoms with Crippen LogP contribution in [0.15, 0.2) is 41.2 Å². The number of hydrogen-bond donors (Lipinski definition) is 1. The number of halogens is 2. The summed E-state index contributed by atoms with van der Waals surface area (Å²) >= 11 is 12.2. The van der Waals surface area contributed by atoms with Crippen LogP contribution in [0.4, 0.5) is 0 Å². The number of carboxylic acid groups (broad SMARTS) is 1. The highest BCUT2D eigenvalue weighted by Gasteiger charge is 2.21. The fourth-order valence-corrected chi connectivity index (χ4v) is 3.56. The maximum Gasteiger partial charge on any atom is 0.335 e. The smallest absolute Gasteiger partial charge is 0.335 e. The standard InChI is InChI=1S/C19H12Cl2N2O3/c20-13-3-1-10(15(21)9-13)7-11-5-6-23-17(11)22-16-4-2-12(19(25)26)8-14(16)18(23)24/h1-4,7-9H,5-6H2,(H,25,26)/b11-7+. The van der Waals surface area contributed by atoms with Gasteiger partial charge in [-0.2, -0.15) is 0 Å². The fourth-order valence-electron chi connectivity index (χ4n) is 3.09. The van der Waals surface area contributed by atoms with E-state index in [1.807, 2.05) is 12.1 Å². The van der Waals surface area contributed by atoms with E-state index in [1.54, 1.807) is 22.8 Å². The van der Waals surface area contributed by atoms with Crippen molar-refractivity contribution >= 4 is 51.7 Å². The van der Waals surface area contributed by atoms with Crippen LogP contribution in [0.25, 0.3) is 22.6 Å². The van der Waals surface area contributed by atoms with Gasteiger partial charge >= 0.3 is 5.97 Å². The zero-order chi connectivity index (χ0) is 18.4. The topological polar surface area (TPSA) is 72.2 Å². The Morgan fingerprint density at radius 2 is 2.00 bits per heavy atom. The van der Waals surface area contributed by atoms with Crippen LogP contribution in [-0.4, -0.2) is 20.6 Å². The van der Waals surface area contributed by atoms with Crippen LogP contribution in [0.2, 0.25) is 10.0 Å². The molecule has 0 saturated carbocycles. The van der Waals surface area contributed by atoms with Gasteiger partial charge in [0.05, 0.1) is 16.5 Å². The van der Waals surface area contributed by atoms with E-state index in [4.69, 9.17) is 28.3 Å². The first-order valence-electron chi connectivity index (χ1n) is 7.88. The van der Waals surface area contributed by atoms with Gasteiger partial charge in [0.1, 0.15) is 5.82 Å². The molecule has 7 heteroatoms. The highest BCUT2D eigenvalue weighted by molar-refractivity contribution is 6.35. The van der Waals surface area contributed by atoms with E-state index in [1.165, 1.54) is 12.1 Å². The molecule has 0 amide bonds. The van der Waals surface area contributed by atoms with Crippen molar-refractivity contribution in [2.75, 3.05) is 0 Å². The summed E-state index contributed by atoms with van der Waals surface area (Å²) in [6, 6.07) is 9.62. The van der Waals surface area contributed by atoms with Crippen LogP contribution in [0, 0.1) is 0 Å². The summed E-state index contributed by atoms with van der Waals surface area (Å²) in [5, 5.41) is 10.5. The first kappa shape index (κ1) is 16.8. The second kappa shape index (κ2) is 6.27. The third kappa shape index (κ3) is 2.79. The summed E-state index contributed by atoms with van der Waals surface area (Å²) in [5.74, 6) is -0.494. The highest BCUT2D eigenvalue weighted by Crippen LogP contribution is 2.30. The summed E-state index contributed by atoms with van der Waals surface area (Å²) in [6.45, 7) is 0.492. The Balaban J connectivity index is 1.88. The zero-order valence-electron chi connectivity index (χ0n) is 13.4. The molecule has 0 atom stereocenters. The summed E-state index contributed by atoms with van der Waals surface area (Å²) in [6.07, 6.45) is 2.55. The van der Waals surface area contributed by atoms with Crippen LogP contribution >= 0.6 is 23.2 Å². The van der Waals surface area contributed by atoms with Crippen molar-refractivity contribution in [1.29, 1.82) is 0 Å². The zero-order valence-corrected chi connectivity index (χ0v) is 14.9. The monoisotopic (exact) mass is 386 g/mol. The molecule has 5 nitrogen and oxygen atoms in total. The van der Waals surface area contributed by atoms with Crippen molar-refractivity contribution in [3.63, 3.8) is 0 Å². The average Bonchev–Trinajstić information content (AvgIpc) is 3.00. The number of rotatable bonds is 2. The van der Waals surface area contributed by atoms with Crippen molar-refractivity contribution < 1.29 is 9.90 Å². The van der Waals surface area contributed by atoms with E-state index in [9.17, 15) is 9.59 Å². The van der Waals surface area contributed by atoms with Crippen LogP contribution in [0.5, 0.6) is 0 Å². The molecule has 26 heavy (non-hydrogen) atoms. The van der Waals surface area contributed by atoms with Crippen molar-refractivity contribution in [3.8, 4) is 0 Å². The van der Waals surface area contributed by atoms with Crippen LogP contribution in [0.3, 0.4) is 0 Å². The molecule has 2 heterocycles. The summed E-state index contributed by atoms with van der Waals surface area (Å²) in [7, 11) is 0. The van der Waals surface area contributed by atoms with Gasteiger partial charge in [0.2, 0.25) is 0 Å².